The van der Waals surface area contributed by atoms with Crippen molar-refractivity contribution in [3.8, 4) is 0 Å². The topological polar surface area (TPSA) is 89.4 Å². The molecule has 1 aromatic carbocycles. The van der Waals surface area contributed by atoms with E-state index in [-0.39, 0.29) is 5.69 Å². The highest BCUT2D eigenvalue weighted by Gasteiger charge is 2.17. The Morgan fingerprint density at radius 2 is 2.29 bits per heavy atom. The van der Waals surface area contributed by atoms with Gasteiger partial charge in [-0.15, -0.1) is 0 Å². The lowest BCUT2D eigenvalue weighted by Gasteiger charge is -2.07. The molecule has 5 nitrogen and oxygen atoms in total. The SMILES string of the molecule is CC(O)c1cc(CN)ccc1[N+](=O)[O-]. The van der Waals surface area contributed by atoms with Crippen LogP contribution < -0.4 is 5.73 Å². The lowest BCUT2D eigenvalue weighted by Crippen LogP contribution is -2.03. The van der Waals surface area contributed by atoms with Crippen LogP contribution in [0.1, 0.15) is 24.2 Å². The lowest BCUT2D eigenvalue weighted by molar-refractivity contribution is -0.386. The zero-order valence-corrected chi connectivity index (χ0v) is 7.80. The summed E-state index contributed by atoms with van der Waals surface area (Å²) >= 11 is 0. The van der Waals surface area contributed by atoms with Crippen molar-refractivity contribution in [2.75, 3.05) is 0 Å². The number of rotatable bonds is 3. The number of nitrogens with two attached hydrogens (primary N) is 1. The van der Waals surface area contributed by atoms with Crippen LogP contribution in [0.5, 0.6) is 0 Å². The van der Waals surface area contributed by atoms with Gasteiger partial charge in [-0.3, -0.25) is 10.1 Å². The summed E-state index contributed by atoms with van der Waals surface area (Å²) in [5, 5.41) is 19.9. The van der Waals surface area contributed by atoms with E-state index in [1.54, 1.807) is 12.1 Å². The molecule has 0 saturated carbocycles. The molecule has 0 amide bonds. The molecule has 5 heteroatoms. The summed E-state index contributed by atoms with van der Waals surface area (Å²) < 4.78 is 0. The molecule has 0 aliphatic rings. The lowest BCUT2D eigenvalue weighted by atomic mass is 10.0. The summed E-state index contributed by atoms with van der Waals surface area (Å²) in [6, 6.07) is 4.51. The molecule has 0 aliphatic heterocycles. The molecule has 0 aliphatic carbocycles. The van der Waals surface area contributed by atoms with E-state index in [1.165, 1.54) is 13.0 Å². The van der Waals surface area contributed by atoms with Gasteiger partial charge in [0.1, 0.15) is 0 Å². The van der Waals surface area contributed by atoms with Crippen LogP contribution >= 0.6 is 0 Å². The number of aliphatic hydroxyl groups excluding tert-OH is 1. The molecule has 1 aromatic rings. The smallest absolute Gasteiger partial charge is 0.275 e. The maximum absolute atomic E-state index is 10.6. The standard InChI is InChI=1S/C9H12N2O3/c1-6(12)8-4-7(5-10)2-3-9(8)11(13)14/h2-4,6,12H,5,10H2,1H3. The predicted octanol–water partition coefficient (Wildman–Crippen LogP) is 1.11. The van der Waals surface area contributed by atoms with E-state index in [0.29, 0.717) is 12.1 Å². The second-order valence-corrected chi connectivity index (χ2v) is 3.03. The van der Waals surface area contributed by atoms with Gasteiger partial charge >= 0.3 is 0 Å². The highest BCUT2D eigenvalue weighted by atomic mass is 16.6. The van der Waals surface area contributed by atoms with Crippen molar-refractivity contribution in [1.82, 2.24) is 0 Å². The Morgan fingerprint density at radius 3 is 2.71 bits per heavy atom. The third-order valence-corrected chi connectivity index (χ3v) is 1.97. The first kappa shape index (κ1) is 10.6. The molecule has 0 bridgehead atoms. The fourth-order valence-corrected chi connectivity index (χ4v) is 1.23. The third kappa shape index (κ3) is 2.07. The van der Waals surface area contributed by atoms with Gasteiger partial charge in [0.15, 0.2) is 0 Å². The fraction of sp³-hybridized carbons (Fsp3) is 0.333. The number of benzene rings is 1. The van der Waals surface area contributed by atoms with E-state index in [1.807, 2.05) is 0 Å². The third-order valence-electron chi connectivity index (χ3n) is 1.97. The molecule has 0 spiro atoms. The molecule has 0 heterocycles. The molecule has 0 fully saturated rings. The van der Waals surface area contributed by atoms with E-state index in [9.17, 15) is 15.2 Å². The van der Waals surface area contributed by atoms with Crippen molar-refractivity contribution in [2.45, 2.75) is 19.6 Å². The van der Waals surface area contributed by atoms with Gasteiger partial charge in [-0.05, 0) is 18.6 Å². The number of nitrogens with zero attached hydrogens (tertiary/aromatic N) is 1. The van der Waals surface area contributed by atoms with E-state index < -0.39 is 11.0 Å². The van der Waals surface area contributed by atoms with Gasteiger partial charge < -0.3 is 10.8 Å². The van der Waals surface area contributed by atoms with Gasteiger partial charge in [0.25, 0.3) is 5.69 Å². The van der Waals surface area contributed by atoms with Crippen LogP contribution in [-0.2, 0) is 6.54 Å². The van der Waals surface area contributed by atoms with Crippen LogP contribution in [0.15, 0.2) is 18.2 Å². The van der Waals surface area contributed by atoms with Crippen LogP contribution in [0.4, 0.5) is 5.69 Å². The van der Waals surface area contributed by atoms with E-state index in [0.717, 1.165) is 5.56 Å². The number of nitro groups is 1. The Kier molecular flexibility index (Phi) is 3.16. The molecule has 14 heavy (non-hydrogen) atoms. The first-order chi connectivity index (χ1) is 6.56. The highest BCUT2D eigenvalue weighted by molar-refractivity contribution is 5.44. The average Bonchev–Trinajstić information content (AvgIpc) is 2.16. The highest BCUT2D eigenvalue weighted by Crippen LogP contribution is 2.25. The summed E-state index contributed by atoms with van der Waals surface area (Å²) in [5.74, 6) is 0. The summed E-state index contributed by atoms with van der Waals surface area (Å²) in [6.45, 7) is 1.79. The second-order valence-electron chi connectivity index (χ2n) is 3.03. The minimum absolute atomic E-state index is 0.0720. The molecule has 1 unspecified atom stereocenters. The molecule has 0 aromatic heterocycles. The molecule has 1 rings (SSSR count). The predicted molar refractivity (Wildman–Crippen MR) is 51.6 cm³/mol. The summed E-state index contributed by atoms with van der Waals surface area (Å²) in [7, 11) is 0. The Hall–Kier alpha value is -1.46. The minimum atomic E-state index is -0.859. The maximum atomic E-state index is 10.6. The normalized spacial score (nSPS) is 12.5. The Bertz CT molecular complexity index is 350. The first-order valence-electron chi connectivity index (χ1n) is 4.21. The maximum Gasteiger partial charge on any atom is 0.275 e. The van der Waals surface area contributed by atoms with Gasteiger partial charge in [-0.25, -0.2) is 0 Å². The van der Waals surface area contributed by atoms with E-state index in [2.05, 4.69) is 0 Å². The van der Waals surface area contributed by atoms with Crippen molar-refractivity contribution in [3.63, 3.8) is 0 Å². The number of hydrogen-bond donors (Lipinski definition) is 2. The fourth-order valence-electron chi connectivity index (χ4n) is 1.23. The van der Waals surface area contributed by atoms with Crippen molar-refractivity contribution in [3.05, 3.63) is 39.4 Å². The van der Waals surface area contributed by atoms with Crippen LogP contribution in [0.3, 0.4) is 0 Å². The number of aliphatic hydroxyl groups is 1. The van der Waals surface area contributed by atoms with Crippen molar-refractivity contribution < 1.29 is 10.0 Å². The molecule has 1 atom stereocenters. The summed E-state index contributed by atoms with van der Waals surface area (Å²) in [6.07, 6.45) is -0.859. The average molecular weight is 196 g/mol. The summed E-state index contributed by atoms with van der Waals surface area (Å²) in [4.78, 5) is 10.1. The first-order valence-corrected chi connectivity index (χ1v) is 4.21. The zero-order valence-electron chi connectivity index (χ0n) is 7.80. The number of hydrogen-bond acceptors (Lipinski definition) is 4. The molecular weight excluding hydrogens is 184 g/mol. The molecule has 0 radical (unpaired) electrons. The van der Waals surface area contributed by atoms with Crippen LogP contribution in [0.2, 0.25) is 0 Å². The largest absolute Gasteiger partial charge is 0.388 e. The molecular formula is C9H12N2O3. The molecule has 76 valence electrons. The van der Waals surface area contributed by atoms with Crippen molar-refractivity contribution in [2.24, 2.45) is 5.73 Å². The van der Waals surface area contributed by atoms with E-state index >= 15 is 0 Å². The molecule has 3 N–H and O–H groups in total. The Balaban J connectivity index is 3.24. The Morgan fingerprint density at radius 1 is 1.64 bits per heavy atom. The zero-order chi connectivity index (χ0) is 10.7. The molecule has 0 saturated heterocycles. The van der Waals surface area contributed by atoms with Crippen molar-refractivity contribution >= 4 is 5.69 Å². The van der Waals surface area contributed by atoms with E-state index in [4.69, 9.17) is 5.73 Å². The van der Waals surface area contributed by atoms with Crippen molar-refractivity contribution in [1.29, 1.82) is 0 Å². The van der Waals surface area contributed by atoms with Gasteiger partial charge in [0.05, 0.1) is 16.6 Å². The van der Waals surface area contributed by atoms with Crippen LogP contribution in [0.25, 0.3) is 0 Å². The summed E-state index contributed by atoms with van der Waals surface area (Å²) in [5.41, 5.74) is 6.40. The monoisotopic (exact) mass is 196 g/mol. The van der Waals surface area contributed by atoms with Crippen LogP contribution in [-0.4, -0.2) is 10.0 Å². The minimum Gasteiger partial charge on any atom is -0.388 e. The van der Waals surface area contributed by atoms with Crippen LogP contribution in [0, 0.1) is 10.1 Å². The van der Waals surface area contributed by atoms with Gasteiger partial charge in [-0.1, -0.05) is 6.07 Å². The quantitative estimate of drug-likeness (QED) is 0.559. The second kappa shape index (κ2) is 4.17. The van der Waals surface area contributed by atoms with Gasteiger partial charge in [0, 0.05) is 12.6 Å². The number of nitro benzene ring substituents is 1. The van der Waals surface area contributed by atoms with Gasteiger partial charge in [0.2, 0.25) is 0 Å². The Labute approximate surface area is 81.3 Å². The van der Waals surface area contributed by atoms with Gasteiger partial charge in [-0.2, -0.15) is 0 Å².